The smallest absolute Gasteiger partial charge is 0.158 e. The van der Waals surface area contributed by atoms with E-state index in [2.05, 4.69) is 14.9 Å². The van der Waals surface area contributed by atoms with Gasteiger partial charge >= 0.3 is 0 Å². The third-order valence-electron chi connectivity index (χ3n) is 4.60. The molecule has 1 saturated heterocycles. The lowest BCUT2D eigenvalue weighted by Gasteiger charge is -2.32. The predicted octanol–water partition coefficient (Wildman–Crippen LogP) is 3.22. The first kappa shape index (κ1) is 16.4. The summed E-state index contributed by atoms with van der Waals surface area (Å²) in [5.74, 6) is 0.793. The van der Waals surface area contributed by atoms with E-state index in [0.717, 1.165) is 37.2 Å². The molecule has 5 heteroatoms. The second-order valence-electron chi connectivity index (χ2n) is 6.23. The minimum Gasteiger partial charge on any atom is -0.388 e. The lowest BCUT2D eigenvalue weighted by molar-refractivity contribution is 0.155. The normalized spacial score (nSPS) is 19.3. The van der Waals surface area contributed by atoms with Gasteiger partial charge in [0.25, 0.3) is 0 Å². The molecule has 2 atom stereocenters. The van der Waals surface area contributed by atoms with Crippen molar-refractivity contribution >= 4 is 5.82 Å². The zero-order chi connectivity index (χ0) is 16.8. The van der Waals surface area contributed by atoms with Crippen molar-refractivity contribution in [3.63, 3.8) is 0 Å². The van der Waals surface area contributed by atoms with Crippen LogP contribution in [0.1, 0.15) is 49.5 Å². The Morgan fingerprint density at radius 3 is 2.71 bits per heavy atom. The summed E-state index contributed by atoms with van der Waals surface area (Å²) in [4.78, 5) is 10.8. The Balaban J connectivity index is 1.78. The molecule has 0 saturated carbocycles. The van der Waals surface area contributed by atoms with Crippen molar-refractivity contribution in [2.24, 2.45) is 0 Å². The number of nitriles is 1. The minimum atomic E-state index is -0.483. The average molecular weight is 322 g/mol. The van der Waals surface area contributed by atoms with E-state index in [1.807, 2.05) is 36.4 Å². The van der Waals surface area contributed by atoms with Gasteiger partial charge in [0.1, 0.15) is 11.9 Å². The van der Waals surface area contributed by atoms with E-state index < -0.39 is 6.10 Å². The molecule has 0 spiro atoms. The minimum absolute atomic E-state index is 0.227. The van der Waals surface area contributed by atoms with E-state index in [-0.39, 0.29) is 6.04 Å². The van der Waals surface area contributed by atoms with Crippen LogP contribution in [0.5, 0.6) is 0 Å². The molecule has 1 N–H and O–H groups in total. The van der Waals surface area contributed by atoms with Crippen LogP contribution in [0.15, 0.2) is 42.7 Å². The van der Waals surface area contributed by atoms with E-state index >= 15 is 0 Å². The van der Waals surface area contributed by atoms with Crippen LogP contribution in [0.3, 0.4) is 0 Å². The number of nitrogens with zero attached hydrogens (tertiary/aromatic N) is 4. The number of aliphatic hydroxyl groups excluding tert-OH is 1. The molecule has 2 aromatic rings. The molecule has 24 heavy (non-hydrogen) atoms. The molecule has 0 aliphatic carbocycles. The van der Waals surface area contributed by atoms with E-state index in [1.54, 1.807) is 6.20 Å². The van der Waals surface area contributed by atoms with Gasteiger partial charge in [0.15, 0.2) is 5.69 Å². The van der Waals surface area contributed by atoms with Crippen molar-refractivity contribution in [3.05, 3.63) is 54.0 Å². The van der Waals surface area contributed by atoms with Crippen LogP contribution in [0.2, 0.25) is 0 Å². The Morgan fingerprint density at radius 1 is 1.17 bits per heavy atom. The van der Waals surface area contributed by atoms with Crippen LogP contribution in [0.4, 0.5) is 5.82 Å². The van der Waals surface area contributed by atoms with Gasteiger partial charge in [0.2, 0.25) is 0 Å². The highest BCUT2D eigenvalue weighted by Crippen LogP contribution is 2.29. The molecule has 0 unspecified atom stereocenters. The molecule has 1 aliphatic rings. The molecule has 2 heterocycles. The van der Waals surface area contributed by atoms with Gasteiger partial charge in [-0.1, -0.05) is 43.2 Å². The first-order valence-electron chi connectivity index (χ1n) is 8.49. The summed E-state index contributed by atoms with van der Waals surface area (Å²) in [7, 11) is 0. The molecule has 0 bridgehead atoms. The zero-order valence-electron chi connectivity index (χ0n) is 13.7. The monoisotopic (exact) mass is 322 g/mol. The van der Waals surface area contributed by atoms with Crippen molar-refractivity contribution < 1.29 is 5.11 Å². The number of aromatic nitrogens is 2. The van der Waals surface area contributed by atoms with Gasteiger partial charge < -0.3 is 10.0 Å². The lowest BCUT2D eigenvalue weighted by atomic mass is 9.98. The Morgan fingerprint density at radius 2 is 2.00 bits per heavy atom. The molecule has 1 aromatic heterocycles. The largest absolute Gasteiger partial charge is 0.388 e. The van der Waals surface area contributed by atoms with E-state index in [9.17, 15) is 5.11 Å². The van der Waals surface area contributed by atoms with Crippen molar-refractivity contribution in [2.75, 3.05) is 11.4 Å². The maximum atomic E-state index is 10.6. The van der Waals surface area contributed by atoms with Gasteiger partial charge in [-0.15, -0.1) is 0 Å². The number of benzene rings is 1. The molecular formula is C19H22N4O. The van der Waals surface area contributed by atoms with Crippen LogP contribution in [0.25, 0.3) is 0 Å². The summed E-state index contributed by atoms with van der Waals surface area (Å²) in [5, 5.41) is 19.5. The predicted molar refractivity (Wildman–Crippen MR) is 92.4 cm³/mol. The number of hydrogen-bond donors (Lipinski definition) is 1. The maximum absolute atomic E-state index is 10.6. The van der Waals surface area contributed by atoms with Gasteiger partial charge in [-0.05, 0) is 24.8 Å². The SMILES string of the molecule is N#Cc1cnc(N2CCCCC[C@H]2C[C@@H](O)c2ccccc2)cn1. The van der Waals surface area contributed by atoms with Crippen LogP contribution in [-0.4, -0.2) is 27.7 Å². The molecule has 0 radical (unpaired) electrons. The molecule has 3 rings (SSSR count). The number of aliphatic hydroxyl groups is 1. The van der Waals surface area contributed by atoms with Gasteiger partial charge in [-0.25, -0.2) is 9.97 Å². The highest BCUT2D eigenvalue weighted by Gasteiger charge is 2.25. The van der Waals surface area contributed by atoms with Crippen molar-refractivity contribution in [2.45, 2.75) is 44.2 Å². The standard InChI is InChI=1S/C19H22N4O/c20-12-16-13-22-19(14-21-16)23-10-6-2-5-9-17(23)11-18(24)15-7-3-1-4-8-15/h1,3-4,7-8,13-14,17-18,24H,2,5-6,9-11H2/t17-,18+/m0/s1. The van der Waals surface area contributed by atoms with Crippen LogP contribution >= 0.6 is 0 Å². The quantitative estimate of drug-likeness (QED) is 0.935. The summed E-state index contributed by atoms with van der Waals surface area (Å²) in [6, 6.07) is 12.0. The van der Waals surface area contributed by atoms with Crippen molar-refractivity contribution in [3.8, 4) is 6.07 Å². The lowest BCUT2D eigenvalue weighted by Crippen LogP contribution is -2.36. The second kappa shape index (κ2) is 7.89. The summed E-state index contributed by atoms with van der Waals surface area (Å²) in [6.07, 6.45) is 7.88. The number of rotatable bonds is 4. The molecular weight excluding hydrogens is 300 g/mol. The number of anilines is 1. The van der Waals surface area contributed by atoms with Crippen LogP contribution in [0, 0.1) is 11.3 Å². The Labute approximate surface area is 142 Å². The second-order valence-corrected chi connectivity index (χ2v) is 6.23. The fourth-order valence-corrected chi connectivity index (χ4v) is 3.32. The number of hydrogen-bond acceptors (Lipinski definition) is 5. The highest BCUT2D eigenvalue weighted by atomic mass is 16.3. The third kappa shape index (κ3) is 3.90. The van der Waals surface area contributed by atoms with Gasteiger partial charge in [0, 0.05) is 12.6 Å². The van der Waals surface area contributed by atoms with Crippen LogP contribution < -0.4 is 4.90 Å². The molecule has 5 nitrogen and oxygen atoms in total. The summed E-state index contributed by atoms with van der Waals surface area (Å²) >= 11 is 0. The molecule has 0 amide bonds. The van der Waals surface area contributed by atoms with Crippen LogP contribution in [-0.2, 0) is 0 Å². The Bertz CT molecular complexity index is 681. The van der Waals surface area contributed by atoms with Gasteiger partial charge in [-0.3, -0.25) is 0 Å². The fourth-order valence-electron chi connectivity index (χ4n) is 3.32. The summed E-state index contributed by atoms with van der Waals surface area (Å²) < 4.78 is 0. The third-order valence-corrected chi connectivity index (χ3v) is 4.60. The first-order chi connectivity index (χ1) is 11.8. The van der Waals surface area contributed by atoms with Gasteiger partial charge in [-0.2, -0.15) is 5.26 Å². The topological polar surface area (TPSA) is 73.0 Å². The average Bonchev–Trinajstić information content (AvgIpc) is 2.88. The molecule has 1 aliphatic heterocycles. The van der Waals surface area contributed by atoms with E-state index in [4.69, 9.17) is 5.26 Å². The fraction of sp³-hybridized carbons (Fsp3) is 0.421. The summed E-state index contributed by atoms with van der Waals surface area (Å²) in [6.45, 7) is 0.909. The molecule has 1 fully saturated rings. The maximum Gasteiger partial charge on any atom is 0.158 e. The molecule has 124 valence electrons. The Hall–Kier alpha value is -2.45. The molecule has 1 aromatic carbocycles. The van der Waals surface area contributed by atoms with E-state index in [1.165, 1.54) is 12.6 Å². The Kier molecular flexibility index (Phi) is 5.39. The summed E-state index contributed by atoms with van der Waals surface area (Å²) in [5.41, 5.74) is 1.28. The van der Waals surface area contributed by atoms with E-state index in [0.29, 0.717) is 12.1 Å². The highest BCUT2D eigenvalue weighted by molar-refractivity contribution is 5.39. The van der Waals surface area contributed by atoms with Gasteiger partial charge in [0.05, 0.1) is 18.5 Å². The van der Waals surface area contributed by atoms with Crippen molar-refractivity contribution in [1.29, 1.82) is 5.26 Å². The first-order valence-corrected chi connectivity index (χ1v) is 8.49. The van der Waals surface area contributed by atoms with Crippen molar-refractivity contribution in [1.82, 2.24) is 9.97 Å². The zero-order valence-corrected chi connectivity index (χ0v) is 13.7.